The minimum Gasteiger partial charge on any atom is -0.550 e. The number of hydrogen-bond acceptors (Lipinski definition) is 10. The molecule has 1 aromatic carbocycles. The van der Waals surface area contributed by atoms with Gasteiger partial charge in [0, 0.05) is 38.6 Å². The maximum atomic E-state index is 11.4. The number of nitrogens with zero attached hydrogens (tertiary/aromatic N) is 5. The first-order valence-corrected chi connectivity index (χ1v) is 10.5. The van der Waals surface area contributed by atoms with Gasteiger partial charge in [0.15, 0.2) is 0 Å². The quantitative estimate of drug-likeness (QED) is 0.654. The molecule has 2 saturated heterocycles. The smallest absolute Gasteiger partial charge is 0.232 e. The molecule has 31 heavy (non-hydrogen) atoms. The molecule has 10 heteroatoms. The van der Waals surface area contributed by atoms with Gasteiger partial charge in [0.2, 0.25) is 17.8 Å². The molecule has 2 aliphatic heterocycles. The molecule has 2 fully saturated rings. The number of ether oxygens (including phenoxy) is 2. The Hall–Kier alpha value is -2.98. The summed E-state index contributed by atoms with van der Waals surface area (Å²) in [6.07, 6.45) is -0.200. The number of aromatic nitrogens is 3. The number of carbonyl (C=O) groups excluding carboxylic acids is 1. The van der Waals surface area contributed by atoms with E-state index in [2.05, 4.69) is 30.1 Å². The fourth-order valence-electron chi connectivity index (χ4n) is 3.60. The average molecular weight is 427 g/mol. The van der Waals surface area contributed by atoms with Crippen molar-refractivity contribution >= 4 is 23.8 Å². The van der Waals surface area contributed by atoms with Crippen LogP contribution in [0.25, 0.3) is 0 Å². The van der Waals surface area contributed by atoms with Gasteiger partial charge in [0.1, 0.15) is 0 Å². The van der Waals surface area contributed by atoms with Gasteiger partial charge < -0.3 is 34.5 Å². The van der Waals surface area contributed by atoms with Crippen LogP contribution in [-0.4, -0.2) is 73.5 Å². The van der Waals surface area contributed by atoms with Crippen LogP contribution >= 0.6 is 0 Å². The van der Waals surface area contributed by atoms with Crippen molar-refractivity contribution in [3.8, 4) is 0 Å². The lowest BCUT2D eigenvalue weighted by Gasteiger charge is -2.30. The number of carboxylic acid groups (broad SMARTS) is 1. The molecule has 0 radical (unpaired) electrons. The van der Waals surface area contributed by atoms with Crippen LogP contribution in [-0.2, 0) is 14.3 Å². The Morgan fingerprint density at radius 1 is 0.968 bits per heavy atom. The van der Waals surface area contributed by atoms with Gasteiger partial charge in [-0.2, -0.15) is 15.0 Å². The van der Waals surface area contributed by atoms with Gasteiger partial charge in [-0.3, -0.25) is 0 Å². The number of carbonyl (C=O) groups is 1. The summed E-state index contributed by atoms with van der Waals surface area (Å²) < 4.78 is 10.9. The monoisotopic (exact) mass is 427 g/mol. The summed E-state index contributed by atoms with van der Waals surface area (Å²) >= 11 is 0. The number of aliphatic carboxylic acids is 1. The van der Waals surface area contributed by atoms with E-state index in [1.54, 1.807) is 0 Å². The van der Waals surface area contributed by atoms with Crippen molar-refractivity contribution in [2.24, 2.45) is 0 Å². The van der Waals surface area contributed by atoms with Crippen LogP contribution in [0.1, 0.15) is 23.6 Å². The largest absolute Gasteiger partial charge is 0.550 e. The molecule has 1 atom stereocenters. The summed E-state index contributed by atoms with van der Waals surface area (Å²) in [5.41, 5.74) is 1.93. The second-order valence-corrected chi connectivity index (χ2v) is 7.64. The molecule has 2 aromatic rings. The number of aryl methyl sites for hydroxylation is 1. The van der Waals surface area contributed by atoms with Gasteiger partial charge in [-0.1, -0.05) is 29.8 Å². The number of anilines is 3. The number of morpholine rings is 2. The van der Waals surface area contributed by atoms with Crippen LogP contribution in [0.4, 0.5) is 17.8 Å². The third-order valence-electron chi connectivity index (χ3n) is 5.35. The molecule has 1 aromatic heterocycles. The normalized spacial score (nSPS) is 18.0. The van der Waals surface area contributed by atoms with Crippen molar-refractivity contribution in [3.63, 3.8) is 0 Å². The SMILES string of the molecule is Cc1ccc(C(CC(=O)[O-])Nc2nc(N3CCOCC3)nc(N3CCOCC3)n2)cc1. The van der Waals surface area contributed by atoms with E-state index in [1.807, 2.05) is 31.2 Å². The highest BCUT2D eigenvalue weighted by Gasteiger charge is 2.22. The van der Waals surface area contributed by atoms with E-state index in [-0.39, 0.29) is 6.42 Å². The molecule has 0 bridgehead atoms. The summed E-state index contributed by atoms with van der Waals surface area (Å²) in [5, 5.41) is 14.6. The van der Waals surface area contributed by atoms with Crippen LogP contribution in [0, 0.1) is 6.92 Å². The summed E-state index contributed by atoms with van der Waals surface area (Å²) in [5.74, 6) is 0.301. The van der Waals surface area contributed by atoms with Crippen LogP contribution < -0.4 is 20.2 Å². The highest BCUT2D eigenvalue weighted by Crippen LogP contribution is 2.24. The molecule has 0 saturated carbocycles. The summed E-state index contributed by atoms with van der Waals surface area (Å²) in [4.78, 5) is 29.4. The van der Waals surface area contributed by atoms with Crippen molar-refractivity contribution in [1.82, 2.24) is 15.0 Å². The predicted molar refractivity (Wildman–Crippen MR) is 113 cm³/mol. The van der Waals surface area contributed by atoms with Crippen molar-refractivity contribution in [2.45, 2.75) is 19.4 Å². The zero-order chi connectivity index (χ0) is 21.6. The third-order valence-corrected chi connectivity index (χ3v) is 5.35. The van der Waals surface area contributed by atoms with E-state index in [9.17, 15) is 9.90 Å². The topological polar surface area (TPSA) is 116 Å². The highest BCUT2D eigenvalue weighted by atomic mass is 16.5. The number of rotatable bonds is 7. The van der Waals surface area contributed by atoms with E-state index in [1.165, 1.54) is 0 Å². The Morgan fingerprint density at radius 3 is 1.97 bits per heavy atom. The van der Waals surface area contributed by atoms with Crippen LogP contribution in [0.15, 0.2) is 24.3 Å². The molecule has 1 N–H and O–H groups in total. The van der Waals surface area contributed by atoms with E-state index >= 15 is 0 Å². The van der Waals surface area contributed by atoms with Crippen LogP contribution in [0.5, 0.6) is 0 Å². The Kier molecular flexibility index (Phi) is 6.78. The molecule has 0 spiro atoms. The standard InChI is InChI=1S/C21H28N6O4/c1-15-2-4-16(5-3-15)17(14-18(28)29)22-19-23-20(26-6-10-30-11-7-26)25-21(24-19)27-8-12-31-13-9-27/h2-5,17H,6-14H2,1H3,(H,28,29)(H,22,23,24,25)/p-1. The summed E-state index contributed by atoms with van der Waals surface area (Å²) in [6.45, 7) is 7.17. The van der Waals surface area contributed by atoms with Crippen molar-refractivity contribution < 1.29 is 19.4 Å². The zero-order valence-electron chi connectivity index (χ0n) is 17.6. The van der Waals surface area contributed by atoms with Gasteiger partial charge in [-0.25, -0.2) is 0 Å². The molecule has 166 valence electrons. The fourth-order valence-corrected chi connectivity index (χ4v) is 3.60. The van der Waals surface area contributed by atoms with E-state index in [0.717, 1.165) is 11.1 Å². The fraction of sp³-hybridized carbons (Fsp3) is 0.524. The molecule has 4 rings (SSSR count). The molecule has 0 aliphatic carbocycles. The van der Waals surface area contributed by atoms with Crippen LogP contribution in [0.2, 0.25) is 0 Å². The molecule has 10 nitrogen and oxygen atoms in total. The first kappa shape index (κ1) is 21.3. The lowest BCUT2D eigenvalue weighted by Crippen LogP contribution is -2.40. The Bertz CT molecular complexity index is 846. The minimum atomic E-state index is -1.14. The molecule has 0 amide bonds. The molecule has 3 heterocycles. The maximum Gasteiger partial charge on any atom is 0.232 e. The second kappa shape index (κ2) is 9.88. The molecule has 2 aliphatic rings. The molecule has 1 unspecified atom stereocenters. The van der Waals surface area contributed by atoms with Crippen LogP contribution in [0.3, 0.4) is 0 Å². The van der Waals surface area contributed by atoms with E-state index < -0.39 is 12.0 Å². The van der Waals surface area contributed by atoms with Crippen molar-refractivity contribution in [1.29, 1.82) is 0 Å². The summed E-state index contributed by atoms with van der Waals surface area (Å²) in [6, 6.07) is 7.19. The first-order chi connectivity index (χ1) is 15.1. The number of benzene rings is 1. The van der Waals surface area contributed by atoms with E-state index in [4.69, 9.17) is 9.47 Å². The Balaban J connectivity index is 1.65. The molecular weight excluding hydrogens is 400 g/mol. The predicted octanol–water partition coefficient (Wildman–Crippen LogP) is 0.146. The van der Waals surface area contributed by atoms with Gasteiger partial charge in [0.05, 0.1) is 32.5 Å². The van der Waals surface area contributed by atoms with E-state index in [0.29, 0.717) is 70.5 Å². The van der Waals surface area contributed by atoms with Gasteiger partial charge in [0.25, 0.3) is 0 Å². The number of nitrogens with one attached hydrogen (secondary N) is 1. The summed E-state index contributed by atoms with van der Waals surface area (Å²) in [7, 11) is 0. The maximum absolute atomic E-state index is 11.4. The second-order valence-electron chi connectivity index (χ2n) is 7.64. The highest BCUT2D eigenvalue weighted by molar-refractivity contribution is 5.66. The molecular formula is C21H27N6O4-. The average Bonchev–Trinajstić information content (AvgIpc) is 2.80. The number of carboxylic acids is 1. The zero-order valence-corrected chi connectivity index (χ0v) is 17.6. The minimum absolute atomic E-state index is 0.200. The first-order valence-electron chi connectivity index (χ1n) is 10.5. The Labute approximate surface area is 181 Å². The lowest BCUT2D eigenvalue weighted by molar-refractivity contribution is -0.306. The Morgan fingerprint density at radius 2 is 1.48 bits per heavy atom. The third kappa shape index (κ3) is 5.59. The van der Waals surface area contributed by atoms with Gasteiger partial charge >= 0.3 is 0 Å². The van der Waals surface area contributed by atoms with Gasteiger partial charge in [-0.15, -0.1) is 0 Å². The van der Waals surface area contributed by atoms with Gasteiger partial charge in [-0.05, 0) is 12.5 Å². The lowest BCUT2D eigenvalue weighted by atomic mass is 10.0. The van der Waals surface area contributed by atoms with Crippen molar-refractivity contribution in [2.75, 3.05) is 67.7 Å². The number of hydrogen-bond donors (Lipinski definition) is 1. The van der Waals surface area contributed by atoms with Crippen molar-refractivity contribution in [3.05, 3.63) is 35.4 Å².